The second-order valence-electron chi connectivity index (χ2n) is 6.34. The van der Waals surface area contributed by atoms with Crippen molar-refractivity contribution in [3.63, 3.8) is 0 Å². The molecule has 21 heavy (non-hydrogen) atoms. The van der Waals surface area contributed by atoms with Gasteiger partial charge < -0.3 is 5.73 Å². The van der Waals surface area contributed by atoms with E-state index in [-0.39, 0.29) is 11.0 Å². The maximum atomic E-state index is 6.31. The van der Waals surface area contributed by atoms with Gasteiger partial charge in [0.2, 0.25) is 4.96 Å². The molecular weight excluding hydrogens is 282 g/mol. The van der Waals surface area contributed by atoms with Crippen molar-refractivity contribution < 1.29 is 0 Å². The van der Waals surface area contributed by atoms with E-state index < -0.39 is 0 Å². The highest BCUT2D eigenvalue weighted by Crippen LogP contribution is 2.36. The summed E-state index contributed by atoms with van der Waals surface area (Å²) >= 11 is 1.54. The Bertz CT molecular complexity index is 764. The number of rotatable bonds is 3. The summed E-state index contributed by atoms with van der Waals surface area (Å²) in [5.41, 5.74) is 6.70. The van der Waals surface area contributed by atoms with Gasteiger partial charge >= 0.3 is 0 Å². The van der Waals surface area contributed by atoms with Crippen molar-refractivity contribution in [3.8, 4) is 11.4 Å². The van der Waals surface area contributed by atoms with Gasteiger partial charge in [-0.2, -0.15) is 9.61 Å². The molecule has 110 valence electrons. The molecule has 3 aromatic rings. The van der Waals surface area contributed by atoms with Gasteiger partial charge in [0.1, 0.15) is 5.01 Å². The van der Waals surface area contributed by atoms with Crippen LogP contribution in [0.25, 0.3) is 16.3 Å². The molecule has 0 aliphatic carbocycles. The largest absolute Gasteiger partial charge is 0.325 e. The van der Waals surface area contributed by atoms with E-state index in [9.17, 15) is 0 Å². The number of hydrogen-bond donors (Lipinski definition) is 1. The highest BCUT2D eigenvalue weighted by molar-refractivity contribution is 7.16. The van der Waals surface area contributed by atoms with E-state index in [0.717, 1.165) is 21.4 Å². The average molecular weight is 301 g/mol. The molecule has 0 spiro atoms. The summed E-state index contributed by atoms with van der Waals surface area (Å²) in [6.45, 7) is 8.27. The van der Waals surface area contributed by atoms with Crippen LogP contribution in [0.15, 0.2) is 30.3 Å². The van der Waals surface area contributed by atoms with Crippen LogP contribution < -0.4 is 5.73 Å². The summed E-state index contributed by atoms with van der Waals surface area (Å²) in [6.07, 6.45) is 0. The van der Waals surface area contributed by atoms with Gasteiger partial charge in [-0.15, -0.1) is 10.2 Å². The highest BCUT2D eigenvalue weighted by Gasteiger charge is 2.38. The van der Waals surface area contributed by atoms with Gasteiger partial charge in [-0.25, -0.2) is 0 Å². The first-order valence-corrected chi connectivity index (χ1v) is 7.69. The minimum Gasteiger partial charge on any atom is -0.325 e. The van der Waals surface area contributed by atoms with E-state index in [1.807, 2.05) is 48.7 Å². The van der Waals surface area contributed by atoms with Gasteiger partial charge in [0.05, 0.1) is 0 Å². The van der Waals surface area contributed by atoms with Crippen molar-refractivity contribution in [2.45, 2.75) is 38.6 Å². The van der Waals surface area contributed by atoms with Crippen LogP contribution >= 0.6 is 11.3 Å². The molecule has 2 N–H and O–H groups in total. The van der Waals surface area contributed by atoms with Gasteiger partial charge in [-0.05, 0) is 13.8 Å². The van der Waals surface area contributed by atoms with E-state index in [0.29, 0.717) is 0 Å². The number of fused-ring (bicyclic) bond motifs is 1. The maximum Gasteiger partial charge on any atom is 0.234 e. The van der Waals surface area contributed by atoms with Gasteiger partial charge in [0.15, 0.2) is 5.82 Å². The number of aromatic nitrogens is 4. The van der Waals surface area contributed by atoms with Gasteiger partial charge in [0.25, 0.3) is 0 Å². The summed E-state index contributed by atoms with van der Waals surface area (Å²) in [5, 5.41) is 14.2. The second-order valence-corrected chi connectivity index (χ2v) is 7.29. The van der Waals surface area contributed by atoms with Crippen molar-refractivity contribution in [3.05, 3.63) is 35.3 Å². The minimum atomic E-state index is -0.372. The Labute approximate surface area is 127 Å². The first-order chi connectivity index (χ1) is 9.80. The van der Waals surface area contributed by atoms with E-state index in [4.69, 9.17) is 10.8 Å². The highest BCUT2D eigenvalue weighted by atomic mass is 32.1. The van der Waals surface area contributed by atoms with Gasteiger partial charge in [-0.1, -0.05) is 55.5 Å². The molecule has 0 radical (unpaired) electrons. The molecule has 0 aliphatic rings. The molecule has 0 aliphatic heterocycles. The molecule has 0 amide bonds. The van der Waals surface area contributed by atoms with Gasteiger partial charge in [-0.3, -0.25) is 0 Å². The molecule has 2 aromatic heterocycles. The lowest BCUT2D eigenvalue weighted by Crippen LogP contribution is -2.50. The predicted molar refractivity (Wildman–Crippen MR) is 85.4 cm³/mol. The van der Waals surface area contributed by atoms with Crippen molar-refractivity contribution >= 4 is 16.3 Å². The van der Waals surface area contributed by atoms with Crippen molar-refractivity contribution in [1.82, 2.24) is 19.8 Å². The second kappa shape index (κ2) is 4.61. The molecule has 0 saturated carbocycles. The van der Waals surface area contributed by atoms with Crippen LogP contribution in [0.3, 0.4) is 0 Å². The zero-order valence-electron chi connectivity index (χ0n) is 12.7. The summed E-state index contributed by atoms with van der Waals surface area (Å²) in [6, 6.07) is 9.96. The van der Waals surface area contributed by atoms with Crippen LogP contribution in [-0.2, 0) is 5.41 Å². The van der Waals surface area contributed by atoms with E-state index in [2.05, 4.69) is 24.0 Å². The quantitative estimate of drug-likeness (QED) is 0.807. The standard InChI is InChI=1S/C15H19N5S/c1-14(2,15(3,4)16)12-19-20-11(17-18-13(20)21-12)10-8-6-5-7-9-10/h5-9H,16H2,1-4H3. The molecule has 0 saturated heterocycles. The van der Waals surface area contributed by atoms with Crippen LogP contribution in [-0.4, -0.2) is 25.4 Å². The molecule has 0 atom stereocenters. The normalized spacial score (nSPS) is 13.0. The zero-order chi connectivity index (χ0) is 15.3. The lowest BCUT2D eigenvalue weighted by atomic mass is 9.76. The third-order valence-corrected chi connectivity index (χ3v) is 5.39. The molecule has 0 fully saturated rings. The van der Waals surface area contributed by atoms with E-state index in [1.165, 1.54) is 0 Å². The first kappa shape index (κ1) is 14.2. The van der Waals surface area contributed by atoms with Crippen molar-refractivity contribution in [2.24, 2.45) is 5.73 Å². The van der Waals surface area contributed by atoms with Crippen LogP contribution in [0.2, 0.25) is 0 Å². The monoisotopic (exact) mass is 301 g/mol. The summed E-state index contributed by atoms with van der Waals surface area (Å²) in [4.78, 5) is 0.793. The molecule has 5 nitrogen and oxygen atoms in total. The van der Waals surface area contributed by atoms with E-state index in [1.54, 1.807) is 11.3 Å². The average Bonchev–Trinajstić information content (AvgIpc) is 2.98. The molecule has 0 unspecified atom stereocenters. The van der Waals surface area contributed by atoms with Crippen LogP contribution in [0.4, 0.5) is 0 Å². The number of nitrogens with two attached hydrogens (primary N) is 1. The summed E-state index contributed by atoms with van der Waals surface area (Å²) in [7, 11) is 0. The fourth-order valence-electron chi connectivity index (χ4n) is 1.91. The lowest BCUT2D eigenvalue weighted by Gasteiger charge is -2.36. The maximum absolute atomic E-state index is 6.31. The third kappa shape index (κ3) is 2.24. The van der Waals surface area contributed by atoms with Crippen LogP contribution in [0.1, 0.15) is 32.7 Å². The van der Waals surface area contributed by atoms with Crippen LogP contribution in [0.5, 0.6) is 0 Å². The Morgan fingerprint density at radius 2 is 1.71 bits per heavy atom. The molecule has 3 rings (SSSR count). The molecule has 2 heterocycles. The topological polar surface area (TPSA) is 69.1 Å². The van der Waals surface area contributed by atoms with Gasteiger partial charge in [0, 0.05) is 16.5 Å². The van der Waals surface area contributed by atoms with E-state index >= 15 is 0 Å². The van der Waals surface area contributed by atoms with Crippen molar-refractivity contribution in [2.75, 3.05) is 0 Å². The molecular formula is C15H19N5S. The Hall–Kier alpha value is -1.79. The summed E-state index contributed by atoms with van der Waals surface area (Å²) in [5.74, 6) is 0.763. The Morgan fingerprint density at radius 3 is 2.33 bits per heavy atom. The third-order valence-electron chi connectivity index (χ3n) is 4.17. The zero-order valence-corrected chi connectivity index (χ0v) is 13.5. The Balaban J connectivity index is 2.13. The smallest absolute Gasteiger partial charge is 0.234 e. The van der Waals surface area contributed by atoms with Crippen molar-refractivity contribution in [1.29, 1.82) is 0 Å². The fraction of sp³-hybridized carbons (Fsp3) is 0.400. The number of benzene rings is 1. The SMILES string of the molecule is CC(C)(N)C(C)(C)c1nn2c(-c3ccccc3)nnc2s1. The molecule has 1 aromatic carbocycles. The Morgan fingerprint density at radius 1 is 1.05 bits per heavy atom. The number of hydrogen-bond acceptors (Lipinski definition) is 5. The summed E-state index contributed by atoms with van der Waals surface area (Å²) < 4.78 is 1.81. The molecule has 6 heteroatoms. The van der Waals surface area contributed by atoms with Crippen LogP contribution in [0, 0.1) is 0 Å². The Kier molecular flexibility index (Phi) is 3.11. The predicted octanol–water partition coefficient (Wildman–Crippen LogP) is 2.87. The first-order valence-electron chi connectivity index (χ1n) is 6.88. The fourth-order valence-corrected chi connectivity index (χ4v) is 3.02. The number of nitrogens with zero attached hydrogens (tertiary/aromatic N) is 4. The lowest BCUT2D eigenvalue weighted by molar-refractivity contribution is 0.303. The molecule has 0 bridgehead atoms. The minimum absolute atomic E-state index is 0.244.